The maximum absolute atomic E-state index is 14.6. The first kappa shape index (κ1) is 23.3. The Bertz CT molecular complexity index is 1180. The van der Waals surface area contributed by atoms with Crippen molar-refractivity contribution in [3.05, 3.63) is 95.7 Å². The van der Waals surface area contributed by atoms with Gasteiger partial charge in [-0.3, -0.25) is 4.79 Å². The van der Waals surface area contributed by atoms with Gasteiger partial charge < -0.3 is 15.2 Å². The fraction of sp³-hybridized carbons (Fsp3) is 0.240. The number of hydrogen-bond acceptors (Lipinski definition) is 6. The highest BCUT2D eigenvalue weighted by atomic mass is 19.1. The topological polar surface area (TPSA) is 90.0 Å². The van der Waals surface area contributed by atoms with Crippen LogP contribution in [-0.2, 0) is 15.3 Å². The summed E-state index contributed by atoms with van der Waals surface area (Å²) < 4.78 is 40.5. The van der Waals surface area contributed by atoms with Crippen LogP contribution in [0.15, 0.2) is 78.0 Å². The van der Waals surface area contributed by atoms with E-state index in [4.69, 9.17) is 15.2 Å². The molecule has 2 atom stereocenters. The summed E-state index contributed by atoms with van der Waals surface area (Å²) >= 11 is 0. The number of pyridine rings is 1. The van der Waals surface area contributed by atoms with Crippen LogP contribution in [0.3, 0.4) is 0 Å². The molecule has 0 fully saturated rings. The van der Waals surface area contributed by atoms with Gasteiger partial charge in [-0.25, -0.2) is 13.8 Å². The average molecular weight is 466 g/mol. The summed E-state index contributed by atoms with van der Waals surface area (Å²) in [5, 5.41) is 5.48. The first-order valence-corrected chi connectivity index (χ1v) is 10.8. The van der Waals surface area contributed by atoms with Crippen LogP contribution >= 0.6 is 0 Å². The number of hydrazone groups is 1. The Morgan fingerprint density at radius 3 is 2.62 bits per heavy atom. The van der Waals surface area contributed by atoms with Crippen LogP contribution in [0.25, 0.3) is 0 Å². The van der Waals surface area contributed by atoms with Crippen molar-refractivity contribution in [3.63, 3.8) is 0 Å². The lowest BCUT2D eigenvalue weighted by Crippen LogP contribution is -2.49. The third kappa shape index (κ3) is 4.60. The minimum atomic E-state index is -1.42. The van der Waals surface area contributed by atoms with Gasteiger partial charge in [-0.2, -0.15) is 5.01 Å². The predicted octanol–water partition coefficient (Wildman–Crippen LogP) is 3.94. The standard InChI is InChI=1S/C25H24F2N4O3/c1-17(33-22-10-5-6-15-29-22)24(32)31-25(13-7-14-28,18-8-3-2-4-9-18)34-23(30-31)20-16-19(26)11-12-21(20)27/h2-6,8-12,15-17H,7,13-14,28H2,1H3/t17-,25?/m0/s1. The van der Waals surface area contributed by atoms with Crippen molar-refractivity contribution in [2.45, 2.75) is 31.6 Å². The minimum absolute atomic E-state index is 0.193. The molecule has 0 bridgehead atoms. The lowest BCUT2D eigenvalue weighted by molar-refractivity contribution is -0.159. The van der Waals surface area contributed by atoms with Crippen molar-refractivity contribution in [2.75, 3.05) is 6.54 Å². The van der Waals surface area contributed by atoms with Gasteiger partial charge in [-0.15, -0.1) is 5.10 Å². The van der Waals surface area contributed by atoms with Gasteiger partial charge in [0.1, 0.15) is 11.6 Å². The lowest BCUT2D eigenvalue weighted by Gasteiger charge is -2.36. The quantitative estimate of drug-likeness (QED) is 0.543. The molecule has 2 heterocycles. The van der Waals surface area contributed by atoms with E-state index in [0.717, 1.165) is 23.2 Å². The Morgan fingerprint density at radius 2 is 1.91 bits per heavy atom. The van der Waals surface area contributed by atoms with Crippen LogP contribution in [0.2, 0.25) is 0 Å². The number of nitrogens with zero attached hydrogens (tertiary/aromatic N) is 3. The van der Waals surface area contributed by atoms with E-state index in [1.54, 1.807) is 55.6 Å². The van der Waals surface area contributed by atoms with Gasteiger partial charge in [0, 0.05) is 24.2 Å². The summed E-state index contributed by atoms with van der Waals surface area (Å²) in [6.07, 6.45) is 1.28. The summed E-state index contributed by atoms with van der Waals surface area (Å²) in [6, 6.07) is 17.0. The van der Waals surface area contributed by atoms with E-state index < -0.39 is 29.4 Å². The fourth-order valence-corrected chi connectivity index (χ4v) is 3.74. The third-order valence-corrected chi connectivity index (χ3v) is 5.39. The second kappa shape index (κ2) is 9.96. The minimum Gasteiger partial charge on any atom is -0.464 e. The van der Waals surface area contributed by atoms with Crippen LogP contribution in [0.1, 0.15) is 30.9 Å². The molecule has 1 aliphatic heterocycles. The van der Waals surface area contributed by atoms with E-state index in [9.17, 15) is 13.6 Å². The maximum Gasteiger partial charge on any atom is 0.287 e. The molecule has 2 N–H and O–H groups in total. The zero-order valence-corrected chi connectivity index (χ0v) is 18.5. The fourth-order valence-electron chi connectivity index (χ4n) is 3.74. The number of ether oxygens (including phenoxy) is 2. The van der Waals surface area contributed by atoms with Gasteiger partial charge in [0.25, 0.3) is 5.91 Å². The molecular weight excluding hydrogens is 442 g/mol. The van der Waals surface area contributed by atoms with Crippen molar-refractivity contribution in [3.8, 4) is 5.88 Å². The molecule has 4 rings (SSSR count). The third-order valence-electron chi connectivity index (χ3n) is 5.39. The Hall–Kier alpha value is -3.85. The number of carbonyl (C=O) groups excluding carboxylic acids is 1. The van der Waals surface area contributed by atoms with Crippen LogP contribution in [0.5, 0.6) is 5.88 Å². The maximum atomic E-state index is 14.6. The van der Waals surface area contributed by atoms with E-state index in [1.807, 2.05) is 6.07 Å². The SMILES string of the molecule is C[C@H](Oc1ccccn1)C(=O)N1N=C(c2cc(F)ccc2F)OC1(CCCN)c1ccccc1. The highest BCUT2D eigenvalue weighted by Gasteiger charge is 2.51. The number of carbonyl (C=O) groups is 1. The van der Waals surface area contributed by atoms with E-state index >= 15 is 0 Å². The number of halogens is 2. The van der Waals surface area contributed by atoms with Crippen molar-refractivity contribution in [2.24, 2.45) is 10.8 Å². The van der Waals surface area contributed by atoms with Gasteiger partial charge >= 0.3 is 0 Å². The smallest absolute Gasteiger partial charge is 0.287 e. The van der Waals surface area contributed by atoms with E-state index in [2.05, 4.69) is 10.1 Å². The lowest BCUT2D eigenvalue weighted by atomic mass is 9.96. The van der Waals surface area contributed by atoms with Gasteiger partial charge in [-0.05, 0) is 44.2 Å². The molecule has 2 aromatic carbocycles. The van der Waals surface area contributed by atoms with Crippen LogP contribution in [0, 0.1) is 11.6 Å². The highest BCUT2D eigenvalue weighted by Crippen LogP contribution is 2.41. The predicted molar refractivity (Wildman–Crippen MR) is 122 cm³/mol. The second-order valence-corrected chi connectivity index (χ2v) is 7.75. The summed E-state index contributed by atoms with van der Waals surface area (Å²) in [4.78, 5) is 17.7. The number of nitrogens with two attached hydrogens (primary N) is 1. The number of rotatable bonds is 8. The average Bonchev–Trinajstić information content (AvgIpc) is 3.25. The molecule has 1 amide bonds. The number of hydrogen-bond donors (Lipinski definition) is 1. The monoisotopic (exact) mass is 466 g/mol. The molecule has 1 aromatic heterocycles. The molecule has 0 radical (unpaired) electrons. The molecule has 0 saturated heterocycles. The first-order valence-electron chi connectivity index (χ1n) is 10.8. The van der Waals surface area contributed by atoms with Gasteiger partial charge in [0.15, 0.2) is 6.10 Å². The molecule has 176 valence electrons. The van der Waals surface area contributed by atoms with Gasteiger partial charge in [0.2, 0.25) is 17.5 Å². The van der Waals surface area contributed by atoms with Crippen LogP contribution in [0.4, 0.5) is 8.78 Å². The Morgan fingerprint density at radius 1 is 1.15 bits per heavy atom. The normalized spacial score (nSPS) is 18.2. The summed E-state index contributed by atoms with van der Waals surface area (Å²) in [7, 11) is 0. The Balaban J connectivity index is 1.78. The van der Waals surface area contributed by atoms with Gasteiger partial charge in [-0.1, -0.05) is 36.4 Å². The van der Waals surface area contributed by atoms with Crippen LogP contribution in [-0.4, -0.2) is 34.4 Å². The van der Waals surface area contributed by atoms with E-state index in [0.29, 0.717) is 18.5 Å². The van der Waals surface area contributed by atoms with Gasteiger partial charge in [0.05, 0.1) is 5.56 Å². The molecule has 0 saturated carbocycles. The molecule has 9 heteroatoms. The van der Waals surface area contributed by atoms with Crippen molar-refractivity contribution in [1.82, 2.24) is 9.99 Å². The number of amides is 1. The van der Waals surface area contributed by atoms with E-state index in [1.165, 1.54) is 0 Å². The van der Waals surface area contributed by atoms with E-state index in [-0.39, 0.29) is 23.8 Å². The molecule has 1 aliphatic rings. The van der Waals surface area contributed by atoms with Crippen molar-refractivity contribution < 1.29 is 23.0 Å². The Labute approximate surface area is 195 Å². The molecule has 1 unspecified atom stereocenters. The molecule has 0 aliphatic carbocycles. The zero-order valence-electron chi connectivity index (χ0n) is 18.5. The Kier molecular flexibility index (Phi) is 6.83. The molecule has 7 nitrogen and oxygen atoms in total. The molecule has 34 heavy (non-hydrogen) atoms. The largest absolute Gasteiger partial charge is 0.464 e. The van der Waals surface area contributed by atoms with Crippen molar-refractivity contribution in [1.29, 1.82) is 0 Å². The molecule has 0 spiro atoms. The van der Waals surface area contributed by atoms with Crippen molar-refractivity contribution >= 4 is 11.8 Å². The zero-order chi connectivity index (χ0) is 24.1. The second-order valence-electron chi connectivity index (χ2n) is 7.75. The number of aromatic nitrogens is 1. The molecule has 3 aromatic rings. The summed E-state index contributed by atoms with van der Waals surface area (Å²) in [5.74, 6) is -1.88. The highest BCUT2D eigenvalue weighted by molar-refractivity contribution is 5.97. The first-order chi connectivity index (χ1) is 16.4. The molecular formula is C25H24F2N4O3. The van der Waals surface area contributed by atoms with Crippen LogP contribution < -0.4 is 10.5 Å². The summed E-state index contributed by atoms with van der Waals surface area (Å²) in [6.45, 7) is 1.88. The summed E-state index contributed by atoms with van der Waals surface area (Å²) in [5.41, 5.74) is 4.77. The number of benzene rings is 2.